The number of allylic oxidation sites excluding steroid dienone is 6. The van der Waals surface area contributed by atoms with E-state index in [9.17, 15) is 19.0 Å². The third-order valence-electron chi connectivity index (χ3n) is 9.00. The summed E-state index contributed by atoms with van der Waals surface area (Å²) >= 11 is 0. The van der Waals surface area contributed by atoms with Crippen LogP contribution in [0.3, 0.4) is 0 Å². The topological polar surface area (TPSA) is 134 Å². The van der Waals surface area contributed by atoms with Crippen molar-refractivity contribution in [2.75, 3.05) is 26.4 Å². The van der Waals surface area contributed by atoms with Crippen LogP contribution in [0.15, 0.2) is 36.5 Å². The molecule has 0 saturated heterocycles. The predicted molar refractivity (Wildman–Crippen MR) is 220 cm³/mol. The van der Waals surface area contributed by atoms with Crippen molar-refractivity contribution in [1.29, 1.82) is 0 Å². The first kappa shape index (κ1) is 51.2. The lowest BCUT2D eigenvalue weighted by molar-refractivity contribution is -0.161. The number of rotatable bonds is 40. The maximum Gasteiger partial charge on any atom is 0.472 e. The number of phosphoric acid groups is 1. The van der Waals surface area contributed by atoms with E-state index in [1.54, 1.807) is 0 Å². The van der Waals surface area contributed by atoms with Crippen LogP contribution in [0.4, 0.5) is 0 Å². The molecule has 0 aliphatic heterocycles. The van der Waals surface area contributed by atoms with E-state index in [0.717, 1.165) is 51.4 Å². The van der Waals surface area contributed by atoms with Crippen LogP contribution in [-0.4, -0.2) is 49.3 Å². The van der Waals surface area contributed by atoms with Gasteiger partial charge >= 0.3 is 19.8 Å². The molecule has 0 aromatic heterocycles. The normalized spacial score (nSPS) is 13.7. The second kappa shape index (κ2) is 39.9. The minimum atomic E-state index is -4.38. The highest BCUT2D eigenvalue weighted by atomic mass is 31.2. The van der Waals surface area contributed by atoms with Gasteiger partial charge < -0.3 is 20.1 Å². The van der Waals surface area contributed by atoms with Gasteiger partial charge in [-0.1, -0.05) is 153 Å². The van der Waals surface area contributed by atoms with Crippen molar-refractivity contribution in [1.82, 2.24) is 0 Å². The highest BCUT2D eigenvalue weighted by Gasteiger charge is 2.25. The Morgan fingerprint density at radius 2 is 1.00 bits per heavy atom. The zero-order valence-corrected chi connectivity index (χ0v) is 34.9. The summed E-state index contributed by atoms with van der Waals surface area (Å²) in [6, 6.07) is 0. The number of hydrogen-bond acceptors (Lipinski definition) is 8. The van der Waals surface area contributed by atoms with E-state index in [0.29, 0.717) is 12.8 Å². The molecule has 0 heterocycles. The highest BCUT2D eigenvalue weighted by Crippen LogP contribution is 2.43. The van der Waals surface area contributed by atoms with Crippen molar-refractivity contribution in [3.8, 4) is 0 Å². The first-order chi connectivity index (χ1) is 25.8. The van der Waals surface area contributed by atoms with E-state index in [1.807, 2.05) is 0 Å². The summed E-state index contributed by atoms with van der Waals surface area (Å²) < 4.78 is 32.7. The summed E-state index contributed by atoms with van der Waals surface area (Å²) in [6.07, 6.45) is 43.2. The Kier molecular flexibility index (Phi) is 38.6. The van der Waals surface area contributed by atoms with Crippen LogP contribution in [0.5, 0.6) is 0 Å². The van der Waals surface area contributed by atoms with Crippen LogP contribution in [0.1, 0.15) is 194 Å². The molecule has 10 heteroatoms. The van der Waals surface area contributed by atoms with Gasteiger partial charge in [0.15, 0.2) is 6.10 Å². The highest BCUT2D eigenvalue weighted by molar-refractivity contribution is 7.47. The van der Waals surface area contributed by atoms with Gasteiger partial charge in [0.05, 0.1) is 13.2 Å². The van der Waals surface area contributed by atoms with Crippen molar-refractivity contribution >= 4 is 19.8 Å². The van der Waals surface area contributed by atoms with Gasteiger partial charge in [-0.25, -0.2) is 4.57 Å². The fourth-order valence-corrected chi connectivity index (χ4v) is 6.55. The number of phosphoric ester groups is 1. The summed E-state index contributed by atoms with van der Waals surface area (Å²) in [5.74, 6) is -0.889. The van der Waals surface area contributed by atoms with Crippen molar-refractivity contribution < 1.29 is 37.6 Å². The lowest BCUT2D eigenvalue weighted by Gasteiger charge is -2.19. The van der Waals surface area contributed by atoms with Crippen LogP contribution < -0.4 is 5.73 Å². The molecule has 0 aliphatic rings. The molecule has 9 nitrogen and oxygen atoms in total. The Morgan fingerprint density at radius 1 is 0.566 bits per heavy atom. The van der Waals surface area contributed by atoms with Gasteiger partial charge in [-0.3, -0.25) is 18.6 Å². The molecule has 1 unspecified atom stereocenters. The zero-order chi connectivity index (χ0) is 38.9. The Labute approximate surface area is 324 Å². The van der Waals surface area contributed by atoms with E-state index >= 15 is 0 Å². The number of carbonyl (C=O) groups is 2. The number of unbranched alkanes of at least 4 members (excludes halogenated alkanes) is 21. The molecule has 3 N–H and O–H groups in total. The molecule has 0 aliphatic carbocycles. The Morgan fingerprint density at radius 3 is 1.51 bits per heavy atom. The first-order valence-corrected chi connectivity index (χ1v) is 23.0. The third-order valence-corrected chi connectivity index (χ3v) is 9.98. The molecule has 0 spiro atoms. The monoisotopic (exact) mass is 770 g/mol. The average molecular weight is 770 g/mol. The molecule has 310 valence electrons. The SMILES string of the molecule is CCCCCCCC/C=C/CCCCCCCC(=O)O[C@H](COC(=O)CCC/C=C/C/C=C/CCCCCCCCCCC)COP(=O)(O)OCCN. The van der Waals surface area contributed by atoms with Crippen molar-refractivity contribution in [2.24, 2.45) is 5.73 Å². The van der Waals surface area contributed by atoms with Crippen LogP contribution in [0.2, 0.25) is 0 Å². The molecule has 0 aromatic carbocycles. The largest absolute Gasteiger partial charge is 0.472 e. The van der Waals surface area contributed by atoms with Crippen molar-refractivity contribution in [3.63, 3.8) is 0 Å². The van der Waals surface area contributed by atoms with Crippen LogP contribution in [0.25, 0.3) is 0 Å². The molecular weight excluding hydrogens is 689 g/mol. The molecule has 0 saturated carbocycles. The number of esters is 2. The Hall–Kier alpha value is -1.77. The summed E-state index contributed by atoms with van der Waals surface area (Å²) in [5.41, 5.74) is 5.34. The number of hydrogen-bond donors (Lipinski definition) is 2. The first-order valence-electron chi connectivity index (χ1n) is 21.5. The molecule has 2 atom stereocenters. The number of nitrogens with two attached hydrogens (primary N) is 1. The van der Waals surface area contributed by atoms with Gasteiger partial charge in [0.1, 0.15) is 6.61 Å². The maximum atomic E-state index is 12.6. The van der Waals surface area contributed by atoms with Crippen LogP contribution >= 0.6 is 7.82 Å². The molecule has 0 fully saturated rings. The second-order valence-corrected chi connectivity index (χ2v) is 15.7. The summed E-state index contributed by atoms with van der Waals surface area (Å²) in [5, 5.41) is 0. The predicted octanol–water partition coefficient (Wildman–Crippen LogP) is 12.2. The Bertz CT molecular complexity index is 970. The number of carbonyl (C=O) groups excluding carboxylic acids is 2. The molecule has 0 amide bonds. The summed E-state index contributed by atoms with van der Waals surface area (Å²) in [6.45, 7) is 3.67. The third kappa shape index (κ3) is 39.7. The lowest BCUT2D eigenvalue weighted by Crippen LogP contribution is -2.29. The minimum absolute atomic E-state index is 0.0468. The molecule has 0 bridgehead atoms. The van der Waals surface area contributed by atoms with Crippen molar-refractivity contribution in [3.05, 3.63) is 36.5 Å². The van der Waals surface area contributed by atoms with E-state index in [-0.39, 0.29) is 32.6 Å². The maximum absolute atomic E-state index is 12.6. The zero-order valence-electron chi connectivity index (χ0n) is 34.0. The van der Waals surface area contributed by atoms with Gasteiger partial charge in [-0.05, 0) is 64.2 Å². The van der Waals surface area contributed by atoms with E-state index in [2.05, 4.69) is 50.3 Å². The molecule has 0 radical (unpaired) electrons. The van der Waals surface area contributed by atoms with E-state index < -0.39 is 32.5 Å². The van der Waals surface area contributed by atoms with Gasteiger partial charge in [0.2, 0.25) is 0 Å². The van der Waals surface area contributed by atoms with Crippen LogP contribution in [0, 0.1) is 0 Å². The number of ether oxygens (including phenoxy) is 2. The molecule has 0 rings (SSSR count). The molecule has 53 heavy (non-hydrogen) atoms. The fourth-order valence-electron chi connectivity index (χ4n) is 5.79. The van der Waals surface area contributed by atoms with E-state index in [4.69, 9.17) is 24.3 Å². The fraction of sp³-hybridized carbons (Fsp3) is 0.814. The second-order valence-electron chi connectivity index (χ2n) is 14.2. The quantitative estimate of drug-likeness (QED) is 0.0270. The smallest absolute Gasteiger partial charge is 0.462 e. The van der Waals surface area contributed by atoms with E-state index in [1.165, 1.54) is 103 Å². The van der Waals surface area contributed by atoms with Crippen LogP contribution in [-0.2, 0) is 32.7 Å². The van der Waals surface area contributed by atoms with Gasteiger partial charge in [0, 0.05) is 19.4 Å². The van der Waals surface area contributed by atoms with Crippen molar-refractivity contribution in [2.45, 2.75) is 200 Å². The molecular formula is C43H80NO8P. The summed E-state index contributed by atoms with van der Waals surface area (Å²) in [4.78, 5) is 34.8. The van der Waals surface area contributed by atoms with Gasteiger partial charge in [0.25, 0.3) is 0 Å². The summed E-state index contributed by atoms with van der Waals surface area (Å²) in [7, 11) is -4.38. The van der Waals surface area contributed by atoms with Gasteiger partial charge in [-0.2, -0.15) is 0 Å². The lowest BCUT2D eigenvalue weighted by atomic mass is 10.1. The Balaban J connectivity index is 4.23. The molecule has 0 aromatic rings. The van der Waals surface area contributed by atoms with Gasteiger partial charge in [-0.15, -0.1) is 0 Å². The standard InChI is InChI=1S/C43H80NO8P/c1-3-5-7-9-11-13-15-17-19-20-22-23-25-27-29-31-33-35-42(45)49-39-41(40-51-53(47,48)50-38-37-44)52-43(46)36-34-32-30-28-26-24-21-18-16-14-12-10-8-6-4-2/h18,21-23,27,29,41H,3-17,19-20,24-26,28,30-40,44H2,1-2H3,(H,47,48)/b21-18+,23-22+,29-27+/t41-/m1/s1. The minimum Gasteiger partial charge on any atom is -0.462 e. The average Bonchev–Trinajstić information content (AvgIpc) is 3.14.